The number of aromatic nitrogens is 2. The van der Waals surface area contributed by atoms with E-state index in [1.54, 1.807) is 16.0 Å². The van der Waals surface area contributed by atoms with Gasteiger partial charge in [0.25, 0.3) is 5.91 Å². The van der Waals surface area contributed by atoms with E-state index >= 15 is 0 Å². The largest absolute Gasteiger partial charge is 0.416 e. The molecule has 0 aliphatic heterocycles. The van der Waals surface area contributed by atoms with Gasteiger partial charge >= 0.3 is 12.4 Å². The number of amides is 1. The zero-order valence-corrected chi connectivity index (χ0v) is 16.8. The van der Waals surface area contributed by atoms with E-state index < -0.39 is 29.4 Å². The highest BCUT2D eigenvalue weighted by Gasteiger charge is 2.31. The fourth-order valence-electron chi connectivity index (χ4n) is 3.16. The molecule has 0 spiro atoms. The molecule has 0 bridgehead atoms. The fourth-order valence-corrected chi connectivity index (χ4v) is 3.87. The summed E-state index contributed by atoms with van der Waals surface area (Å²) in [4.78, 5) is 17.5. The minimum Gasteiger partial charge on any atom is -0.347 e. The van der Waals surface area contributed by atoms with Crippen LogP contribution < -0.4 is 5.32 Å². The lowest BCUT2D eigenvalue weighted by atomic mass is 10.1. The number of carbonyl (C=O) groups is 1. The van der Waals surface area contributed by atoms with E-state index in [0.717, 1.165) is 24.3 Å². The van der Waals surface area contributed by atoms with Gasteiger partial charge in [0.05, 0.1) is 16.8 Å². The number of imidazole rings is 1. The van der Waals surface area contributed by atoms with Crippen molar-refractivity contribution in [2.24, 2.45) is 0 Å². The molecule has 4 rings (SSSR count). The van der Waals surface area contributed by atoms with E-state index in [1.165, 1.54) is 35.6 Å². The molecule has 4 nitrogen and oxygen atoms in total. The topological polar surface area (TPSA) is 46.4 Å². The quantitative estimate of drug-likeness (QED) is 0.371. The number of carbonyl (C=O) groups excluding carboxylic acids is 1. The molecule has 0 radical (unpaired) electrons. The van der Waals surface area contributed by atoms with Crippen molar-refractivity contribution < 1.29 is 31.1 Å². The molecule has 0 saturated carbocycles. The first-order valence-corrected chi connectivity index (χ1v) is 9.99. The molecule has 2 aromatic heterocycles. The van der Waals surface area contributed by atoms with Crippen molar-refractivity contribution in [3.63, 3.8) is 0 Å². The summed E-state index contributed by atoms with van der Waals surface area (Å²) in [6, 6.07) is 8.85. The van der Waals surface area contributed by atoms with Crippen LogP contribution in [0.25, 0.3) is 16.2 Å². The second-order valence-electron chi connectivity index (χ2n) is 6.82. The molecule has 1 amide bonds. The summed E-state index contributed by atoms with van der Waals surface area (Å²) >= 11 is 1.23. The summed E-state index contributed by atoms with van der Waals surface area (Å²) in [5.74, 6) is -0.659. The lowest BCUT2D eigenvalue weighted by Gasteiger charge is -2.10. The molecule has 0 atom stereocenters. The Labute approximate surface area is 181 Å². The Balaban J connectivity index is 1.63. The van der Waals surface area contributed by atoms with Crippen LogP contribution in [0.4, 0.5) is 26.3 Å². The van der Waals surface area contributed by atoms with Crippen LogP contribution in [0.2, 0.25) is 0 Å². The monoisotopic (exact) mass is 469 g/mol. The van der Waals surface area contributed by atoms with Gasteiger partial charge in [-0.1, -0.05) is 24.3 Å². The van der Waals surface area contributed by atoms with E-state index in [1.807, 2.05) is 0 Å². The van der Waals surface area contributed by atoms with Crippen LogP contribution in [0.15, 0.2) is 60.1 Å². The minimum atomic E-state index is -4.51. The Bertz CT molecular complexity index is 1270. The predicted octanol–water partition coefficient (Wildman–Crippen LogP) is 6.03. The highest BCUT2D eigenvalue weighted by Crippen LogP contribution is 2.33. The number of rotatable bonds is 4. The maximum Gasteiger partial charge on any atom is 0.416 e. The van der Waals surface area contributed by atoms with Gasteiger partial charge < -0.3 is 5.32 Å². The van der Waals surface area contributed by atoms with Crippen LogP contribution in [0.5, 0.6) is 0 Å². The smallest absolute Gasteiger partial charge is 0.347 e. The van der Waals surface area contributed by atoms with Gasteiger partial charge in [-0.3, -0.25) is 9.20 Å². The van der Waals surface area contributed by atoms with Crippen molar-refractivity contribution >= 4 is 22.2 Å². The summed E-state index contributed by atoms with van der Waals surface area (Å²) in [7, 11) is 0. The first-order valence-electron chi connectivity index (χ1n) is 9.11. The van der Waals surface area contributed by atoms with Crippen molar-refractivity contribution in [1.29, 1.82) is 0 Å². The Kier molecular flexibility index (Phi) is 5.45. The average molecular weight is 469 g/mol. The molecule has 11 heteroatoms. The molecule has 0 aliphatic carbocycles. The second kappa shape index (κ2) is 7.97. The molecule has 0 fully saturated rings. The van der Waals surface area contributed by atoms with Crippen LogP contribution in [-0.2, 0) is 18.9 Å². The normalized spacial score (nSPS) is 12.3. The number of nitrogens with one attached hydrogen (secondary N) is 1. The van der Waals surface area contributed by atoms with Gasteiger partial charge in [-0.25, -0.2) is 4.98 Å². The molecule has 0 saturated heterocycles. The van der Waals surface area contributed by atoms with Crippen molar-refractivity contribution in [2.75, 3.05) is 0 Å². The fraction of sp³-hybridized carbons (Fsp3) is 0.143. The molecule has 32 heavy (non-hydrogen) atoms. The number of nitrogens with zero attached hydrogens (tertiary/aromatic N) is 2. The minimum absolute atomic E-state index is 0.0383. The average Bonchev–Trinajstić information content (AvgIpc) is 3.32. The molecule has 0 aliphatic rings. The summed E-state index contributed by atoms with van der Waals surface area (Å²) in [6.07, 6.45) is -7.38. The maximum atomic E-state index is 12.9. The maximum absolute atomic E-state index is 12.9. The second-order valence-corrected chi connectivity index (χ2v) is 7.69. The predicted molar refractivity (Wildman–Crippen MR) is 106 cm³/mol. The van der Waals surface area contributed by atoms with Crippen LogP contribution >= 0.6 is 11.3 Å². The molecular weight excluding hydrogens is 456 g/mol. The number of halogens is 6. The number of alkyl halides is 6. The highest BCUT2D eigenvalue weighted by molar-refractivity contribution is 7.15. The summed E-state index contributed by atoms with van der Waals surface area (Å²) < 4.78 is 78.9. The molecule has 1 N–H and O–H groups in total. The van der Waals surface area contributed by atoms with Gasteiger partial charge in [0.1, 0.15) is 0 Å². The zero-order chi connectivity index (χ0) is 23.1. The lowest BCUT2D eigenvalue weighted by Crippen LogP contribution is -2.24. The van der Waals surface area contributed by atoms with Crippen molar-refractivity contribution in [3.05, 3.63) is 82.5 Å². The van der Waals surface area contributed by atoms with E-state index in [4.69, 9.17) is 0 Å². The van der Waals surface area contributed by atoms with Crippen molar-refractivity contribution in [2.45, 2.75) is 18.9 Å². The molecule has 2 aromatic carbocycles. The van der Waals surface area contributed by atoms with E-state index in [-0.39, 0.29) is 23.5 Å². The Morgan fingerprint density at radius 2 is 1.66 bits per heavy atom. The third kappa shape index (κ3) is 4.33. The van der Waals surface area contributed by atoms with Crippen molar-refractivity contribution in [3.8, 4) is 11.3 Å². The first kappa shape index (κ1) is 21.9. The number of benzene rings is 2. The van der Waals surface area contributed by atoms with Gasteiger partial charge in [-0.05, 0) is 29.8 Å². The molecular formula is C21H13F6N3OS. The number of thiazole rings is 1. The standard InChI is InChI=1S/C21H13F6N3OS/c22-20(23,24)14-6-4-13(5-7-14)17-16(29-19-30(17)8-9-32-19)18(31)28-11-12-2-1-3-15(10-12)21(25,26)27/h1-10H,11H2,(H,28,31). The Morgan fingerprint density at radius 3 is 2.31 bits per heavy atom. The number of fused-ring (bicyclic) bond motifs is 1. The van der Waals surface area contributed by atoms with Gasteiger partial charge in [0.15, 0.2) is 10.7 Å². The number of hydrogen-bond donors (Lipinski definition) is 1. The van der Waals surface area contributed by atoms with Gasteiger partial charge in [0, 0.05) is 23.7 Å². The first-order chi connectivity index (χ1) is 15.0. The SMILES string of the molecule is O=C(NCc1cccc(C(F)(F)F)c1)c1nc2sccn2c1-c1ccc(C(F)(F)F)cc1. The van der Waals surface area contributed by atoms with Gasteiger partial charge in [-0.2, -0.15) is 26.3 Å². The Hall–Kier alpha value is -3.34. The summed E-state index contributed by atoms with van der Waals surface area (Å²) in [5, 5.41) is 4.24. The Morgan fingerprint density at radius 1 is 0.969 bits per heavy atom. The zero-order valence-electron chi connectivity index (χ0n) is 16.0. The number of hydrogen-bond acceptors (Lipinski definition) is 3. The van der Waals surface area contributed by atoms with E-state index in [2.05, 4.69) is 10.3 Å². The lowest BCUT2D eigenvalue weighted by molar-refractivity contribution is -0.138. The van der Waals surface area contributed by atoms with E-state index in [0.29, 0.717) is 10.5 Å². The van der Waals surface area contributed by atoms with Crippen LogP contribution in [0, 0.1) is 0 Å². The van der Waals surface area contributed by atoms with Crippen LogP contribution in [0.1, 0.15) is 27.2 Å². The third-order valence-corrected chi connectivity index (χ3v) is 5.43. The third-order valence-electron chi connectivity index (χ3n) is 4.67. The molecule has 2 heterocycles. The van der Waals surface area contributed by atoms with Gasteiger partial charge in [-0.15, -0.1) is 11.3 Å². The molecule has 0 unspecified atom stereocenters. The summed E-state index contributed by atoms with van der Waals surface area (Å²) in [5.41, 5.74) is -0.835. The highest BCUT2D eigenvalue weighted by atomic mass is 32.1. The van der Waals surface area contributed by atoms with E-state index in [9.17, 15) is 31.1 Å². The molecule has 4 aromatic rings. The van der Waals surface area contributed by atoms with Gasteiger partial charge in [0.2, 0.25) is 0 Å². The summed E-state index contributed by atoms with van der Waals surface area (Å²) in [6.45, 7) is -0.180. The molecule has 166 valence electrons. The van der Waals surface area contributed by atoms with Crippen LogP contribution in [0.3, 0.4) is 0 Å². The van der Waals surface area contributed by atoms with Crippen LogP contribution in [-0.4, -0.2) is 15.3 Å². The van der Waals surface area contributed by atoms with Crippen molar-refractivity contribution in [1.82, 2.24) is 14.7 Å².